The topological polar surface area (TPSA) is 37.4 Å². The van der Waals surface area contributed by atoms with E-state index in [9.17, 15) is 8.42 Å². The predicted octanol–water partition coefficient (Wildman–Crippen LogP) is 3.54. The lowest BCUT2D eigenvalue weighted by Gasteiger charge is -2.26. The highest BCUT2D eigenvalue weighted by Crippen LogP contribution is 2.48. The molecule has 1 heterocycles. The Balaban J connectivity index is 1.70. The second kappa shape index (κ2) is 5.59. The lowest BCUT2D eigenvalue weighted by molar-refractivity contribution is 0.280. The Kier molecular flexibility index (Phi) is 4.15. The van der Waals surface area contributed by atoms with Crippen LogP contribution in [0.2, 0.25) is 0 Å². The van der Waals surface area contributed by atoms with E-state index in [1.54, 1.807) is 22.8 Å². The number of rotatable bonds is 5. The molecule has 0 amide bonds. The number of alkyl halides is 1. The standard InChI is InChI=1S/C14H20ClNO2S2/c1-16(8-12-5-10-2-3-11(12)4-10)20(17,18)14-6-13(7-15)19-9-14/h6,9-12H,2-5,7-8H2,1H3. The minimum absolute atomic E-state index is 0.371. The molecule has 0 radical (unpaired) electrons. The summed E-state index contributed by atoms with van der Waals surface area (Å²) in [6.07, 6.45) is 5.16. The van der Waals surface area contributed by atoms with E-state index in [-0.39, 0.29) is 0 Å². The fourth-order valence-electron chi connectivity index (χ4n) is 3.77. The van der Waals surface area contributed by atoms with Crippen LogP contribution >= 0.6 is 22.9 Å². The van der Waals surface area contributed by atoms with Crippen LogP contribution in [0.3, 0.4) is 0 Å². The fourth-order valence-corrected chi connectivity index (χ4v) is 6.38. The third-order valence-electron chi connectivity index (χ3n) is 4.85. The van der Waals surface area contributed by atoms with Gasteiger partial charge in [0, 0.05) is 23.8 Å². The molecule has 20 heavy (non-hydrogen) atoms. The van der Waals surface area contributed by atoms with Crippen LogP contribution in [-0.2, 0) is 15.9 Å². The first-order chi connectivity index (χ1) is 9.50. The van der Waals surface area contributed by atoms with E-state index in [4.69, 9.17) is 11.6 Å². The smallest absolute Gasteiger partial charge is 0.207 e. The van der Waals surface area contributed by atoms with Gasteiger partial charge in [-0.15, -0.1) is 22.9 Å². The molecule has 2 aliphatic rings. The monoisotopic (exact) mass is 333 g/mol. The normalized spacial score (nSPS) is 29.4. The Morgan fingerprint density at radius 3 is 2.75 bits per heavy atom. The molecule has 0 aliphatic heterocycles. The maximum Gasteiger partial charge on any atom is 0.243 e. The summed E-state index contributed by atoms with van der Waals surface area (Å²) in [5.74, 6) is 2.53. The van der Waals surface area contributed by atoms with Crippen molar-refractivity contribution in [3.63, 3.8) is 0 Å². The van der Waals surface area contributed by atoms with E-state index in [2.05, 4.69) is 0 Å². The minimum Gasteiger partial charge on any atom is -0.207 e. The van der Waals surface area contributed by atoms with Gasteiger partial charge in [-0.05, 0) is 43.1 Å². The molecule has 1 aromatic rings. The van der Waals surface area contributed by atoms with Gasteiger partial charge >= 0.3 is 0 Å². The zero-order chi connectivity index (χ0) is 14.3. The summed E-state index contributed by atoms with van der Waals surface area (Å²) in [4.78, 5) is 1.29. The van der Waals surface area contributed by atoms with Gasteiger partial charge in [0.05, 0.1) is 10.8 Å². The summed E-state index contributed by atoms with van der Waals surface area (Å²) in [5, 5.41) is 1.70. The summed E-state index contributed by atoms with van der Waals surface area (Å²) < 4.78 is 26.6. The number of nitrogens with zero attached hydrogens (tertiary/aromatic N) is 1. The van der Waals surface area contributed by atoms with Gasteiger partial charge in [-0.25, -0.2) is 12.7 Å². The van der Waals surface area contributed by atoms with Crippen LogP contribution in [0.25, 0.3) is 0 Å². The number of hydrogen-bond acceptors (Lipinski definition) is 3. The Bertz CT molecular complexity index is 584. The minimum atomic E-state index is -3.35. The van der Waals surface area contributed by atoms with Crippen LogP contribution in [0.15, 0.2) is 16.3 Å². The molecule has 112 valence electrons. The van der Waals surface area contributed by atoms with Crippen LogP contribution in [0.4, 0.5) is 0 Å². The average Bonchev–Trinajstić information content (AvgIpc) is 3.14. The number of thiophene rings is 1. The molecule has 3 atom stereocenters. The predicted molar refractivity (Wildman–Crippen MR) is 82.6 cm³/mol. The van der Waals surface area contributed by atoms with Crippen LogP contribution in [0.5, 0.6) is 0 Å². The van der Waals surface area contributed by atoms with E-state index in [0.717, 1.165) is 16.7 Å². The van der Waals surface area contributed by atoms with Crippen molar-refractivity contribution in [2.24, 2.45) is 17.8 Å². The number of halogens is 1. The molecule has 6 heteroatoms. The summed E-state index contributed by atoms with van der Waals surface area (Å²) in [5.41, 5.74) is 0. The fraction of sp³-hybridized carbons (Fsp3) is 0.714. The van der Waals surface area contributed by atoms with Gasteiger partial charge in [0.2, 0.25) is 10.0 Å². The van der Waals surface area contributed by atoms with E-state index in [1.165, 1.54) is 37.0 Å². The first kappa shape index (κ1) is 14.8. The number of hydrogen-bond donors (Lipinski definition) is 0. The van der Waals surface area contributed by atoms with Crippen molar-refractivity contribution >= 4 is 33.0 Å². The molecule has 1 aromatic heterocycles. The van der Waals surface area contributed by atoms with Crippen molar-refractivity contribution < 1.29 is 8.42 Å². The Hall–Kier alpha value is -0.100. The van der Waals surface area contributed by atoms with Crippen LogP contribution in [-0.4, -0.2) is 26.3 Å². The molecule has 2 aliphatic carbocycles. The molecule has 3 unspecified atom stereocenters. The van der Waals surface area contributed by atoms with Crippen LogP contribution < -0.4 is 0 Å². The van der Waals surface area contributed by atoms with Crippen molar-refractivity contribution in [1.82, 2.24) is 4.31 Å². The highest BCUT2D eigenvalue weighted by Gasteiger charge is 2.40. The van der Waals surface area contributed by atoms with Crippen molar-refractivity contribution in [3.8, 4) is 0 Å². The first-order valence-corrected chi connectivity index (χ1v) is 9.96. The third-order valence-corrected chi connectivity index (χ3v) is 8.18. The average molecular weight is 334 g/mol. The molecular formula is C14H20ClNO2S2. The number of fused-ring (bicyclic) bond motifs is 2. The highest BCUT2D eigenvalue weighted by molar-refractivity contribution is 7.89. The zero-order valence-corrected chi connectivity index (χ0v) is 14.0. The first-order valence-electron chi connectivity index (χ1n) is 7.10. The van der Waals surface area contributed by atoms with E-state index in [0.29, 0.717) is 23.2 Å². The summed E-state index contributed by atoms with van der Waals surface area (Å²) >= 11 is 7.16. The highest BCUT2D eigenvalue weighted by atomic mass is 35.5. The van der Waals surface area contributed by atoms with E-state index in [1.807, 2.05) is 0 Å². The van der Waals surface area contributed by atoms with Crippen LogP contribution in [0, 0.1) is 17.8 Å². The quantitative estimate of drug-likeness (QED) is 0.773. The van der Waals surface area contributed by atoms with Crippen LogP contribution in [0.1, 0.15) is 30.6 Å². The van der Waals surface area contributed by atoms with Crippen molar-refractivity contribution in [3.05, 3.63) is 16.3 Å². The molecular weight excluding hydrogens is 314 g/mol. The molecule has 0 N–H and O–H groups in total. The molecule has 0 spiro atoms. The van der Waals surface area contributed by atoms with E-state index < -0.39 is 10.0 Å². The van der Waals surface area contributed by atoms with Gasteiger partial charge in [-0.3, -0.25) is 0 Å². The molecule has 0 aromatic carbocycles. The van der Waals surface area contributed by atoms with Crippen molar-refractivity contribution in [2.75, 3.05) is 13.6 Å². The van der Waals surface area contributed by atoms with Crippen molar-refractivity contribution in [2.45, 2.75) is 36.5 Å². The lowest BCUT2D eigenvalue weighted by Crippen LogP contribution is -2.33. The van der Waals surface area contributed by atoms with Gasteiger partial charge in [0.15, 0.2) is 0 Å². The van der Waals surface area contributed by atoms with E-state index >= 15 is 0 Å². The molecule has 2 fully saturated rings. The molecule has 3 rings (SSSR count). The van der Waals surface area contributed by atoms with Gasteiger partial charge in [0.1, 0.15) is 0 Å². The summed E-state index contributed by atoms with van der Waals surface area (Å²) in [6, 6.07) is 1.70. The maximum absolute atomic E-state index is 12.5. The second-order valence-corrected chi connectivity index (χ2v) is 9.41. The van der Waals surface area contributed by atoms with Gasteiger partial charge < -0.3 is 0 Å². The van der Waals surface area contributed by atoms with Crippen molar-refractivity contribution in [1.29, 1.82) is 0 Å². The summed E-state index contributed by atoms with van der Waals surface area (Å²) in [7, 11) is -1.64. The van der Waals surface area contributed by atoms with Gasteiger partial charge in [0.25, 0.3) is 0 Å². The SMILES string of the molecule is CN(CC1CC2CCC1C2)S(=O)(=O)c1csc(CCl)c1. The lowest BCUT2D eigenvalue weighted by atomic mass is 9.89. The Morgan fingerprint density at radius 2 is 2.20 bits per heavy atom. The second-order valence-electron chi connectivity index (χ2n) is 6.10. The third kappa shape index (κ3) is 2.65. The Labute approximate surface area is 130 Å². The maximum atomic E-state index is 12.5. The molecule has 3 nitrogen and oxygen atoms in total. The molecule has 2 bridgehead atoms. The Morgan fingerprint density at radius 1 is 1.40 bits per heavy atom. The summed E-state index contributed by atoms with van der Waals surface area (Å²) in [6.45, 7) is 0.662. The van der Waals surface area contributed by atoms with Gasteiger partial charge in [-0.1, -0.05) is 6.42 Å². The molecule has 2 saturated carbocycles. The largest absolute Gasteiger partial charge is 0.243 e. The zero-order valence-electron chi connectivity index (χ0n) is 11.6. The molecule has 0 saturated heterocycles. The number of sulfonamides is 1. The van der Waals surface area contributed by atoms with Gasteiger partial charge in [-0.2, -0.15) is 0 Å².